The second-order valence-electron chi connectivity index (χ2n) is 4.30. The van der Waals surface area contributed by atoms with E-state index in [-0.39, 0.29) is 0 Å². The predicted molar refractivity (Wildman–Crippen MR) is 78.1 cm³/mol. The van der Waals surface area contributed by atoms with Gasteiger partial charge in [0.15, 0.2) is 5.13 Å². The molecule has 0 bridgehead atoms. The highest BCUT2D eigenvalue weighted by atomic mass is 32.1. The largest absolute Gasteiger partial charge is 0.373 e. The zero-order valence-corrected chi connectivity index (χ0v) is 11.6. The number of nitrogens with one attached hydrogen (secondary N) is 1. The minimum Gasteiger partial charge on any atom is -0.373 e. The van der Waals surface area contributed by atoms with Gasteiger partial charge in [0.05, 0.1) is 0 Å². The van der Waals surface area contributed by atoms with Crippen LogP contribution in [0.5, 0.6) is 0 Å². The van der Waals surface area contributed by atoms with Gasteiger partial charge < -0.3 is 15.1 Å². The number of aromatic nitrogens is 3. The van der Waals surface area contributed by atoms with Crippen LogP contribution in [0.4, 0.5) is 16.8 Å². The molecule has 100 valence electrons. The SMILES string of the molecule is CNc1cc(N2CCN(c3nccs3)CC2)ncn1. The smallest absolute Gasteiger partial charge is 0.185 e. The molecule has 1 aliphatic rings. The third kappa shape index (κ3) is 2.60. The van der Waals surface area contributed by atoms with Gasteiger partial charge in [0.25, 0.3) is 0 Å². The lowest BCUT2D eigenvalue weighted by Crippen LogP contribution is -2.46. The molecule has 1 fully saturated rings. The summed E-state index contributed by atoms with van der Waals surface area (Å²) in [5.74, 6) is 1.84. The highest BCUT2D eigenvalue weighted by Gasteiger charge is 2.19. The number of hydrogen-bond acceptors (Lipinski definition) is 7. The monoisotopic (exact) mass is 276 g/mol. The van der Waals surface area contributed by atoms with Crippen molar-refractivity contribution in [1.82, 2.24) is 15.0 Å². The summed E-state index contributed by atoms with van der Waals surface area (Å²) in [6, 6.07) is 1.99. The lowest BCUT2D eigenvalue weighted by Gasteiger charge is -2.35. The summed E-state index contributed by atoms with van der Waals surface area (Å²) in [5.41, 5.74) is 0. The average molecular weight is 276 g/mol. The quantitative estimate of drug-likeness (QED) is 0.912. The summed E-state index contributed by atoms with van der Waals surface area (Å²) in [6.07, 6.45) is 3.46. The van der Waals surface area contributed by atoms with Crippen molar-refractivity contribution < 1.29 is 0 Å². The summed E-state index contributed by atoms with van der Waals surface area (Å²) in [5, 5.41) is 6.17. The van der Waals surface area contributed by atoms with Gasteiger partial charge in [-0.15, -0.1) is 11.3 Å². The fourth-order valence-electron chi connectivity index (χ4n) is 2.16. The second kappa shape index (κ2) is 5.40. The van der Waals surface area contributed by atoms with Crippen molar-refractivity contribution in [2.75, 3.05) is 48.3 Å². The minimum atomic E-state index is 0.854. The molecule has 7 heteroatoms. The molecule has 1 N–H and O–H groups in total. The van der Waals surface area contributed by atoms with Gasteiger partial charge in [0.1, 0.15) is 18.0 Å². The van der Waals surface area contributed by atoms with Crippen molar-refractivity contribution in [2.24, 2.45) is 0 Å². The van der Waals surface area contributed by atoms with Crippen molar-refractivity contribution >= 4 is 28.1 Å². The molecule has 6 nitrogen and oxygen atoms in total. The number of hydrogen-bond donors (Lipinski definition) is 1. The maximum absolute atomic E-state index is 4.36. The second-order valence-corrected chi connectivity index (χ2v) is 5.17. The van der Waals surface area contributed by atoms with Crippen LogP contribution in [-0.2, 0) is 0 Å². The molecule has 0 atom stereocenters. The van der Waals surface area contributed by atoms with E-state index in [9.17, 15) is 0 Å². The maximum Gasteiger partial charge on any atom is 0.185 e. The molecular formula is C12H16N6S. The molecule has 3 heterocycles. The number of anilines is 3. The molecule has 0 amide bonds. The minimum absolute atomic E-state index is 0.854. The zero-order chi connectivity index (χ0) is 13.1. The number of thiazole rings is 1. The fourth-order valence-corrected chi connectivity index (χ4v) is 2.85. The molecule has 0 radical (unpaired) electrons. The van der Waals surface area contributed by atoms with E-state index in [0.29, 0.717) is 0 Å². The van der Waals surface area contributed by atoms with E-state index < -0.39 is 0 Å². The summed E-state index contributed by atoms with van der Waals surface area (Å²) >= 11 is 1.69. The maximum atomic E-state index is 4.36. The van der Waals surface area contributed by atoms with Crippen LogP contribution in [0.25, 0.3) is 0 Å². The molecule has 0 aromatic carbocycles. The highest BCUT2D eigenvalue weighted by Crippen LogP contribution is 2.21. The summed E-state index contributed by atoms with van der Waals surface area (Å²) in [4.78, 5) is 17.4. The highest BCUT2D eigenvalue weighted by molar-refractivity contribution is 7.13. The van der Waals surface area contributed by atoms with Gasteiger partial charge in [-0.1, -0.05) is 0 Å². The first-order valence-corrected chi connectivity index (χ1v) is 7.14. The van der Waals surface area contributed by atoms with Gasteiger partial charge in [-0.2, -0.15) is 0 Å². The number of nitrogens with zero attached hydrogens (tertiary/aromatic N) is 5. The Balaban J connectivity index is 1.66. The predicted octanol–water partition coefficient (Wildman–Crippen LogP) is 1.30. The third-order valence-corrected chi connectivity index (χ3v) is 4.03. The standard InChI is InChI=1S/C12H16N6S/c1-13-10-8-11(16-9-15-10)17-3-5-18(6-4-17)12-14-2-7-19-12/h2,7-9H,3-6H2,1H3,(H,13,15,16). The molecule has 0 unspecified atom stereocenters. The van der Waals surface area contributed by atoms with Gasteiger partial charge in [-0.25, -0.2) is 15.0 Å². The van der Waals surface area contributed by atoms with Crippen LogP contribution in [0.1, 0.15) is 0 Å². The lowest BCUT2D eigenvalue weighted by molar-refractivity contribution is 0.645. The molecule has 0 aliphatic carbocycles. The van der Waals surface area contributed by atoms with E-state index in [1.54, 1.807) is 17.7 Å². The Kier molecular flexibility index (Phi) is 3.45. The first-order chi connectivity index (χ1) is 9.36. The fraction of sp³-hybridized carbons (Fsp3) is 0.417. The van der Waals surface area contributed by atoms with Crippen LogP contribution in [-0.4, -0.2) is 48.2 Å². The first kappa shape index (κ1) is 12.2. The zero-order valence-electron chi connectivity index (χ0n) is 10.8. The van der Waals surface area contributed by atoms with Crippen LogP contribution >= 0.6 is 11.3 Å². The first-order valence-electron chi connectivity index (χ1n) is 6.26. The van der Waals surface area contributed by atoms with E-state index >= 15 is 0 Å². The van der Waals surface area contributed by atoms with Gasteiger partial charge in [0, 0.05) is 50.9 Å². The Morgan fingerprint density at radius 2 is 1.89 bits per heavy atom. The summed E-state index contributed by atoms with van der Waals surface area (Å²) in [6.45, 7) is 3.87. The van der Waals surface area contributed by atoms with Crippen LogP contribution in [0.2, 0.25) is 0 Å². The van der Waals surface area contributed by atoms with Crippen LogP contribution in [0, 0.1) is 0 Å². The Morgan fingerprint density at radius 3 is 2.58 bits per heavy atom. The Morgan fingerprint density at radius 1 is 1.11 bits per heavy atom. The summed E-state index contributed by atoms with van der Waals surface area (Å²) < 4.78 is 0. The van der Waals surface area contributed by atoms with Gasteiger partial charge in [-0.05, 0) is 0 Å². The van der Waals surface area contributed by atoms with E-state index in [0.717, 1.165) is 42.9 Å². The molecule has 2 aromatic heterocycles. The molecule has 3 rings (SSSR count). The normalized spacial score (nSPS) is 15.6. The van der Waals surface area contributed by atoms with E-state index in [4.69, 9.17) is 0 Å². The Labute approximate surface area is 116 Å². The molecule has 0 saturated carbocycles. The van der Waals surface area contributed by atoms with E-state index in [1.807, 2.05) is 24.7 Å². The average Bonchev–Trinajstić information content (AvgIpc) is 3.02. The van der Waals surface area contributed by atoms with Crippen molar-refractivity contribution in [1.29, 1.82) is 0 Å². The van der Waals surface area contributed by atoms with Gasteiger partial charge in [-0.3, -0.25) is 0 Å². The number of piperazine rings is 1. The molecular weight excluding hydrogens is 260 g/mol. The van der Waals surface area contributed by atoms with Crippen molar-refractivity contribution in [3.8, 4) is 0 Å². The molecule has 19 heavy (non-hydrogen) atoms. The molecule has 0 spiro atoms. The summed E-state index contributed by atoms with van der Waals surface area (Å²) in [7, 11) is 1.87. The Bertz CT molecular complexity index is 521. The van der Waals surface area contributed by atoms with E-state index in [1.165, 1.54) is 0 Å². The molecule has 1 aliphatic heterocycles. The van der Waals surface area contributed by atoms with Crippen LogP contribution < -0.4 is 15.1 Å². The third-order valence-electron chi connectivity index (χ3n) is 3.20. The topological polar surface area (TPSA) is 57.2 Å². The van der Waals surface area contributed by atoms with Crippen LogP contribution in [0.3, 0.4) is 0 Å². The van der Waals surface area contributed by atoms with Crippen molar-refractivity contribution in [3.05, 3.63) is 24.0 Å². The van der Waals surface area contributed by atoms with E-state index in [2.05, 4.69) is 30.1 Å². The van der Waals surface area contributed by atoms with Crippen molar-refractivity contribution in [2.45, 2.75) is 0 Å². The molecule has 1 saturated heterocycles. The van der Waals surface area contributed by atoms with Crippen LogP contribution in [0.15, 0.2) is 24.0 Å². The lowest BCUT2D eigenvalue weighted by atomic mass is 10.3. The number of rotatable bonds is 3. The van der Waals surface area contributed by atoms with Crippen molar-refractivity contribution in [3.63, 3.8) is 0 Å². The Hall–Kier alpha value is -1.89. The van der Waals surface area contributed by atoms with Gasteiger partial charge >= 0.3 is 0 Å². The molecule has 2 aromatic rings. The van der Waals surface area contributed by atoms with Gasteiger partial charge in [0.2, 0.25) is 0 Å².